The Bertz CT molecular complexity index is 643. The quantitative estimate of drug-likeness (QED) is 0.791. The van der Waals surface area contributed by atoms with Crippen molar-refractivity contribution in [3.05, 3.63) is 71.3 Å². The summed E-state index contributed by atoms with van der Waals surface area (Å²) in [6.07, 6.45) is 0.299. The predicted molar refractivity (Wildman–Crippen MR) is 88.6 cm³/mol. The van der Waals surface area contributed by atoms with Gasteiger partial charge in [-0.2, -0.15) is 0 Å². The minimum Gasteiger partial charge on any atom is -0.478 e. The van der Waals surface area contributed by atoms with E-state index >= 15 is 0 Å². The third-order valence-corrected chi connectivity index (χ3v) is 3.18. The lowest BCUT2D eigenvalue weighted by Gasteiger charge is -2.12. The molecule has 0 unspecified atom stereocenters. The lowest BCUT2D eigenvalue weighted by molar-refractivity contribution is -0.146. The third kappa shape index (κ3) is 5.73. The van der Waals surface area contributed by atoms with Crippen LogP contribution in [0.3, 0.4) is 0 Å². The summed E-state index contributed by atoms with van der Waals surface area (Å²) in [4.78, 5) is 22.6. The molecule has 1 atom stereocenters. The van der Waals surface area contributed by atoms with Gasteiger partial charge in [0.15, 0.2) is 0 Å². The second kappa shape index (κ2) is 8.92. The second-order valence-electron chi connectivity index (χ2n) is 4.91. The van der Waals surface area contributed by atoms with E-state index in [9.17, 15) is 9.59 Å². The Kier molecular flexibility index (Phi) is 7.25. The van der Waals surface area contributed by atoms with Crippen LogP contribution in [0.4, 0.5) is 0 Å². The molecule has 0 radical (unpaired) electrons. The maximum absolute atomic E-state index is 11.9. The summed E-state index contributed by atoms with van der Waals surface area (Å²) in [5.74, 6) is -1.47. The number of carboxylic acids is 1. The fourth-order valence-corrected chi connectivity index (χ4v) is 1.96. The number of carboxylic acid groups (broad SMARTS) is 1. The molecule has 0 aromatic heterocycles. The molecule has 0 spiro atoms. The molecule has 122 valence electrons. The van der Waals surface area contributed by atoms with Gasteiger partial charge < -0.3 is 15.6 Å². The van der Waals surface area contributed by atoms with E-state index in [1.165, 1.54) is 12.1 Å². The topological polar surface area (TPSA) is 89.6 Å². The number of esters is 1. The number of ether oxygens (including phenoxy) is 1. The van der Waals surface area contributed by atoms with Gasteiger partial charge in [0.25, 0.3) is 0 Å². The van der Waals surface area contributed by atoms with Crippen LogP contribution in [-0.2, 0) is 22.6 Å². The van der Waals surface area contributed by atoms with E-state index in [0.717, 1.165) is 11.1 Å². The number of carbonyl (C=O) groups is 2. The Hall–Kier alpha value is -2.37. The first-order valence-corrected chi connectivity index (χ1v) is 6.84. The first kappa shape index (κ1) is 18.7. The minimum absolute atomic E-state index is 0. The Labute approximate surface area is 140 Å². The number of hydrogen-bond donors (Lipinski definition) is 2. The summed E-state index contributed by atoms with van der Waals surface area (Å²) in [7, 11) is 0. The van der Waals surface area contributed by atoms with Gasteiger partial charge in [0.1, 0.15) is 12.6 Å². The highest BCUT2D eigenvalue weighted by molar-refractivity contribution is 5.87. The number of halogens is 1. The van der Waals surface area contributed by atoms with E-state index < -0.39 is 18.0 Å². The van der Waals surface area contributed by atoms with Crippen LogP contribution < -0.4 is 5.73 Å². The van der Waals surface area contributed by atoms with Crippen LogP contribution in [-0.4, -0.2) is 23.1 Å². The molecule has 2 rings (SSSR count). The highest BCUT2D eigenvalue weighted by Crippen LogP contribution is 2.08. The fourth-order valence-electron chi connectivity index (χ4n) is 1.96. The number of rotatable bonds is 6. The van der Waals surface area contributed by atoms with E-state index in [0.29, 0.717) is 6.42 Å². The molecular formula is C17H18ClNO4. The zero-order valence-corrected chi connectivity index (χ0v) is 13.2. The van der Waals surface area contributed by atoms with Crippen LogP contribution >= 0.6 is 12.4 Å². The summed E-state index contributed by atoms with van der Waals surface area (Å²) in [6.45, 7) is 0.186. The Morgan fingerprint density at radius 1 is 1.00 bits per heavy atom. The molecule has 0 fully saturated rings. The molecule has 0 saturated carbocycles. The molecule has 5 nitrogen and oxygen atoms in total. The molecule has 0 aliphatic carbocycles. The Morgan fingerprint density at radius 3 is 2.17 bits per heavy atom. The molecule has 3 N–H and O–H groups in total. The number of carbonyl (C=O) groups excluding carboxylic acids is 1. The minimum atomic E-state index is -0.988. The van der Waals surface area contributed by atoms with Gasteiger partial charge in [0.05, 0.1) is 5.56 Å². The molecule has 2 aromatic rings. The second-order valence-corrected chi connectivity index (χ2v) is 4.91. The van der Waals surface area contributed by atoms with E-state index in [4.69, 9.17) is 15.6 Å². The maximum atomic E-state index is 11.9. The number of aromatic carboxylic acids is 1. The molecule has 0 amide bonds. The molecular weight excluding hydrogens is 318 g/mol. The van der Waals surface area contributed by atoms with E-state index in [2.05, 4.69) is 0 Å². The van der Waals surface area contributed by atoms with Gasteiger partial charge in [-0.05, 0) is 29.7 Å². The molecule has 0 saturated heterocycles. The van der Waals surface area contributed by atoms with Crippen LogP contribution in [0, 0.1) is 0 Å². The average molecular weight is 336 g/mol. The molecule has 0 aliphatic heterocycles. The summed E-state index contributed by atoms with van der Waals surface area (Å²) >= 11 is 0. The van der Waals surface area contributed by atoms with Gasteiger partial charge in [-0.1, -0.05) is 42.5 Å². The van der Waals surface area contributed by atoms with E-state index in [1.807, 2.05) is 30.3 Å². The lowest BCUT2D eigenvalue weighted by Crippen LogP contribution is -2.34. The van der Waals surface area contributed by atoms with Gasteiger partial charge in [-0.3, -0.25) is 4.79 Å². The van der Waals surface area contributed by atoms with Crippen molar-refractivity contribution in [3.8, 4) is 0 Å². The predicted octanol–water partition coefficient (Wildman–Crippen LogP) is 2.42. The normalized spacial score (nSPS) is 11.2. The summed E-state index contributed by atoms with van der Waals surface area (Å²) in [6, 6.07) is 14.8. The van der Waals surface area contributed by atoms with Crippen LogP contribution in [0.1, 0.15) is 21.5 Å². The number of benzene rings is 2. The number of nitrogens with two attached hydrogens (primary N) is 1. The van der Waals surface area contributed by atoms with Crippen molar-refractivity contribution in [2.24, 2.45) is 5.73 Å². The SMILES string of the molecule is Cl.N[C@@H](Cc1ccc(C(=O)O)cc1)C(=O)OCc1ccccc1. The largest absolute Gasteiger partial charge is 0.478 e. The van der Waals surface area contributed by atoms with Gasteiger partial charge in [0, 0.05) is 0 Å². The van der Waals surface area contributed by atoms with Crippen molar-refractivity contribution in [2.75, 3.05) is 0 Å². The zero-order valence-electron chi connectivity index (χ0n) is 12.3. The van der Waals surface area contributed by atoms with Crippen molar-refractivity contribution < 1.29 is 19.4 Å². The van der Waals surface area contributed by atoms with Crippen LogP contribution in [0.5, 0.6) is 0 Å². The first-order chi connectivity index (χ1) is 10.6. The van der Waals surface area contributed by atoms with Gasteiger partial charge >= 0.3 is 11.9 Å². The highest BCUT2D eigenvalue weighted by atomic mass is 35.5. The monoisotopic (exact) mass is 335 g/mol. The molecule has 0 aliphatic rings. The first-order valence-electron chi connectivity index (χ1n) is 6.84. The summed E-state index contributed by atoms with van der Waals surface area (Å²) in [5, 5.41) is 8.83. The smallest absolute Gasteiger partial charge is 0.335 e. The van der Waals surface area contributed by atoms with E-state index in [1.54, 1.807) is 12.1 Å². The maximum Gasteiger partial charge on any atom is 0.335 e. The zero-order chi connectivity index (χ0) is 15.9. The molecule has 0 bridgehead atoms. The van der Waals surface area contributed by atoms with Gasteiger partial charge in [-0.15, -0.1) is 12.4 Å². The van der Waals surface area contributed by atoms with Crippen LogP contribution in [0.15, 0.2) is 54.6 Å². The Balaban J connectivity index is 0.00000264. The fraction of sp³-hybridized carbons (Fsp3) is 0.176. The number of hydrogen-bond acceptors (Lipinski definition) is 4. The van der Waals surface area contributed by atoms with Crippen LogP contribution in [0.25, 0.3) is 0 Å². The third-order valence-electron chi connectivity index (χ3n) is 3.18. The molecule has 6 heteroatoms. The standard InChI is InChI=1S/C17H17NO4.ClH/c18-15(10-12-6-8-14(9-7-12)16(19)20)17(21)22-11-13-4-2-1-3-5-13;/h1-9,15H,10-11,18H2,(H,19,20);1H/t15-;/m0./s1. The average Bonchev–Trinajstić information content (AvgIpc) is 2.54. The van der Waals surface area contributed by atoms with Gasteiger partial charge in [-0.25, -0.2) is 4.79 Å². The van der Waals surface area contributed by atoms with E-state index in [-0.39, 0.29) is 24.6 Å². The van der Waals surface area contributed by atoms with Crippen molar-refractivity contribution in [3.63, 3.8) is 0 Å². The van der Waals surface area contributed by atoms with Crippen molar-refractivity contribution in [2.45, 2.75) is 19.1 Å². The van der Waals surface area contributed by atoms with Crippen molar-refractivity contribution in [1.82, 2.24) is 0 Å². The molecule has 2 aromatic carbocycles. The Morgan fingerprint density at radius 2 is 1.61 bits per heavy atom. The van der Waals surface area contributed by atoms with Crippen molar-refractivity contribution >= 4 is 24.3 Å². The highest BCUT2D eigenvalue weighted by Gasteiger charge is 2.16. The molecule has 23 heavy (non-hydrogen) atoms. The van der Waals surface area contributed by atoms with Gasteiger partial charge in [0.2, 0.25) is 0 Å². The lowest BCUT2D eigenvalue weighted by atomic mass is 10.0. The van der Waals surface area contributed by atoms with Crippen LogP contribution in [0.2, 0.25) is 0 Å². The summed E-state index contributed by atoms with van der Waals surface area (Å²) in [5.41, 5.74) is 7.70. The van der Waals surface area contributed by atoms with Crippen molar-refractivity contribution in [1.29, 1.82) is 0 Å². The molecule has 0 heterocycles. The summed E-state index contributed by atoms with van der Waals surface area (Å²) < 4.78 is 5.17.